The lowest BCUT2D eigenvalue weighted by Gasteiger charge is -2.37. The van der Waals surface area contributed by atoms with E-state index in [4.69, 9.17) is 16.4 Å². The number of carbonyl (C=O) groups excluding carboxylic acids is 3. The molecule has 0 saturated heterocycles. The molecule has 11 nitrogen and oxygen atoms in total. The van der Waals surface area contributed by atoms with E-state index in [1.165, 1.54) is 18.4 Å². The quantitative estimate of drug-likeness (QED) is 0.274. The summed E-state index contributed by atoms with van der Waals surface area (Å²) in [5.41, 5.74) is 1.51. The molecule has 1 saturated carbocycles. The Morgan fingerprint density at radius 3 is 2.59 bits per heavy atom. The Bertz CT molecular complexity index is 1230. The summed E-state index contributed by atoms with van der Waals surface area (Å²) in [4.78, 5) is 53.6. The third-order valence-electron chi connectivity index (χ3n) is 6.89. The van der Waals surface area contributed by atoms with Gasteiger partial charge in [0, 0.05) is 61.2 Å². The van der Waals surface area contributed by atoms with Gasteiger partial charge in [-0.05, 0) is 50.6 Å². The molecule has 0 radical (unpaired) electrons. The number of aromatic nitrogens is 1. The summed E-state index contributed by atoms with van der Waals surface area (Å²) < 4.78 is 0. The van der Waals surface area contributed by atoms with E-state index in [-0.39, 0.29) is 29.6 Å². The number of amides is 3. The molecule has 3 N–H and O–H groups in total. The van der Waals surface area contributed by atoms with Crippen LogP contribution in [-0.4, -0.2) is 85.2 Å². The summed E-state index contributed by atoms with van der Waals surface area (Å²) >= 11 is 7.34. The Labute approximate surface area is 236 Å². The number of hydrogen-bond donors (Lipinski definition) is 3. The summed E-state index contributed by atoms with van der Waals surface area (Å²) in [6.45, 7) is 1.67. The van der Waals surface area contributed by atoms with Crippen LogP contribution in [0.4, 0.5) is 5.69 Å². The van der Waals surface area contributed by atoms with Gasteiger partial charge in [-0.2, -0.15) is 0 Å². The number of hydrogen-bond acceptors (Lipinski definition) is 8. The number of carbonyl (C=O) groups is 3. The first-order chi connectivity index (χ1) is 18.6. The van der Waals surface area contributed by atoms with Gasteiger partial charge in [0.2, 0.25) is 11.7 Å². The number of rotatable bonds is 6. The van der Waals surface area contributed by atoms with Gasteiger partial charge >= 0.3 is 0 Å². The molecule has 3 atom stereocenters. The predicted molar refractivity (Wildman–Crippen MR) is 151 cm³/mol. The third-order valence-corrected chi connectivity index (χ3v) is 8.23. The van der Waals surface area contributed by atoms with Crippen molar-refractivity contribution >= 4 is 52.2 Å². The maximum atomic E-state index is 13.3. The van der Waals surface area contributed by atoms with E-state index in [0.29, 0.717) is 35.0 Å². The van der Waals surface area contributed by atoms with Gasteiger partial charge in [0.05, 0.1) is 11.7 Å². The lowest BCUT2D eigenvalue weighted by atomic mass is 9.81. The molecule has 1 aromatic heterocycles. The van der Waals surface area contributed by atoms with Crippen molar-refractivity contribution in [2.45, 2.75) is 44.3 Å². The van der Waals surface area contributed by atoms with Crippen LogP contribution < -0.4 is 16.0 Å². The minimum atomic E-state index is -0.507. The van der Waals surface area contributed by atoms with Crippen molar-refractivity contribution in [2.75, 3.05) is 40.1 Å². The summed E-state index contributed by atoms with van der Waals surface area (Å²) in [6, 6.07) is 5.87. The normalized spacial score (nSPS) is 21.5. The Hall–Kier alpha value is -3.22. The number of thiazole rings is 1. The highest BCUT2D eigenvalue weighted by atomic mass is 35.5. The highest BCUT2D eigenvalue weighted by molar-refractivity contribution is 7.13. The van der Waals surface area contributed by atoms with Crippen LogP contribution in [-0.2, 0) is 27.4 Å². The average Bonchev–Trinajstić information content (AvgIpc) is 3.33. The molecule has 0 bridgehead atoms. The van der Waals surface area contributed by atoms with Crippen molar-refractivity contribution in [1.82, 2.24) is 25.4 Å². The first-order valence-electron chi connectivity index (χ1n) is 12.8. The SMILES string of the molecule is CO/N=C(/NC1CCC(C(=O)N(C)C)CC1NC(=O)c1nc2c(s1)CN(C)CC2)C(=O)Nc1ccc(Cl)cc1. The van der Waals surface area contributed by atoms with Gasteiger partial charge in [-0.25, -0.2) is 4.98 Å². The second-order valence-corrected chi connectivity index (χ2v) is 11.6. The van der Waals surface area contributed by atoms with E-state index < -0.39 is 11.9 Å². The fourth-order valence-corrected chi connectivity index (χ4v) is 6.08. The zero-order chi connectivity index (χ0) is 28.1. The number of fused-ring (bicyclic) bond motifs is 1. The van der Waals surface area contributed by atoms with Gasteiger partial charge < -0.3 is 30.6 Å². The van der Waals surface area contributed by atoms with Gasteiger partial charge in [-0.3, -0.25) is 14.4 Å². The second-order valence-electron chi connectivity index (χ2n) is 10.0. The van der Waals surface area contributed by atoms with E-state index in [1.54, 1.807) is 43.3 Å². The fraction of sp³-hybridized carbons (Fsp3) is 0.500. The van der Waals surface area contributed by atoms with Crippen LogP contribution in [0.15, 0.2) is 29.4 Å². The Balaban J connectivity index is 1.51. The topological polar surface area (TPSA) is 128 Å². The molecule has 0 spiro atoms. The third kappa shape index (κ3) is 7.25. The number of amidine groups is 1. The number of benzene rings is 1. The largest absolute Gasteiger partial charge is 0.397 e. The highest BCUT2D eigenvalue weighted by Gasteiger charge is 2.37. The van der Waals surface area contributed by atoms with Crippen molar-refractivity contribution in [3.63, 3.8) is 0 Å². The van der Waals surface area contributed by atoms with Crippen LogP contribution in [0.3, 0.4) is 0 Å². The predicted octanol–water partition coefficient (Wildman–Crippen LogP) is 2.33. The molecule has 2 aliphatic rings. The number of anilines is 1. The number of nitrogens with zero attached hydrogens (tertiary/aromatic N) is 4. The maximum absolute atomic E-state index is 13.3. The lowest BCUT2D eigenvalue weighted by molar-refractivity contribution is -0.134. The van der Waals surface area contributed by atoms with Gasteiger partial charge in [-0.15, -0.1) is 11.3 Å². The van der Waals surface area contributed by atoms with E-state index in [1.807, 2.05) is 7.05 Å². The van der Waals surface area contributed by atoms with Gasteiger partial charge in [0.25, 0.3) is 11.8 Å². The zero-order valence-corrected chi connectivity index (χ0v) is 24.1. The van der Waals surface area contributed by atoms with Crippen molar-refractivity contribution in [3.8, 4) is 0 Å². The molecule has 2 aromatic rings. The maximum Gasteiger partial charge on any atom is 0.294 e. The molecule has 13 heteroatoms. The van der Waals surface area contributed by atoms with Crippen LogP contribution in [0.25, 0.3) is 0 Å². The van der Waals surface area contributed by atoms with Gasteiger partial charge in [0.1, 0.15) is 7.11 Å². The molecule has 1 aliphatic carbocycles. The molecule has 2 heterocycles. The Morgan fingerprint density at radius 1 is 1.15 bits per heavy atom. The molecule has 4 rings (SSSR count). The molecule has 210 valence electrons. The first-order valence-corrected chi connectivity index (χ1v) is 14.0. The first kappa shape index (κ1) is 28.8. The van der Waals surface area contributed by atoms with E-state index >= 15 is 0 Å². The van der Waals surface area contributed by atoms with Gasteiger partial charge in [0.15, 0.2) is 5.01 Å². The number of oxime groups is 1. The van der Waals surface area contributed by atoms with Crippen LogP contribution in [0.1, 0.15) is 39.6 Å². The Morgan fingerprint density at radius 2 is 1.90 bits per heavy atom. The number of halogens is 1. The van der Waals surface area contributed by atoms with Crippen LogP contribution in [0.5, 0.6) is 0 Å². The second kappa shape index (κ2) is 12.8. The molecular formula is C26H34ClN7O4S. The lowest BCUT2D eigenvalue weighted by Crippen LogP contribution is -2.57. The minimum absolute atomic E-state index is 0.00622. The molecule has 3 amide bonds. The number of nitrogens with one attached hydrogen (secondary N) is 3. The zero-order valence-electron chi connectivity index (χ0n) is 22.5. The van der Waals surface area contributed by atoms with Crippen molar-refractivity contribution in [2.24, 2.45) is 11.1 Å². The molecular weight excluding hydrogens is 542 g/mol. The fourth-order valence-electron chi connectivity index (χ4n) is 4.87. The van der Waals surface area contributed by atoms with E-state index in [2.05, 4.69) is 31.0 Å². The van der Waals surface area contributed by atoms with Crippen molar-refractivity contribution in [1.29, 1.82) is 0 Å². The van der Waals surface area contributed by atoms with Crippen molar-refractivity contribution < 1.29 is 19.2 Å². The summed E-state index contributed by atoms with van der Waals surface area (Å²) in [5, 5.41) is 13.9. The highest BCUT2D eigenvalue weighted by Crippen LogP contribution is 2.28. The summed E-state index contributed by atoms with van der Waals surface area (Å²) in [6.07, 6.45) is 2.35. The van der Waals surface area contributed by atoms with Gasteiger partial charge in [-0.1, -0.05) is 16.8 Å². The Kier molecular flexibility index (Phi) is 9.41. The van der Waals surface area contributed by atoms with Crippen LogP contribution in [0, 0.1) is 5.92 Å². The summed E-state index contributed by atoms with van der Waals surface area (Å²) in [5.74, 6) is -1.09. The van der Waals surface area contributed by atoms with E-state index in [9.17, 15) is 14.4 Å². The molecule has 3 unspecified atom stereocenters. The molecule has 1 fully saturated rings. The average molecular weight is 576 g/mol. The van der Waals surface area contributed by atoms with Crippen molar-refractivity contribution in [3.05, 3.63) is 44.9 Å². The molecule has 1 aliphatic heterocycles. The monoisotopic (exact) mass is 575 g/mol. The minimum Gasteiger partial charge on any atom is -0.397 e. The van der Waals surface area contributed by atoms with E-state index in [0.717, 1.165) is 30.1 Å². The molecule has 1 aromatic carbocycles. The smallest absolute Gasteiger partial charge is 0.294 e. The standard InChI is InChI=1S/C26H34ClN7O4S/c1-33(2)26(37)15-5-10-18(29-22(32-38-4)23(35)28-17-8-6-16(27)7-9-17)20(13-15)30-24(36)25-31-19-11-12-34(3)14-21(19)39-25/h6-9,15,18,20H,5,10-14H2,1-4H3,(H,28,35)(H,29,32)(H,30,36). The van der Waals surface area contributed by atoms with Crippen LogP contribution >= 0.6 is 22.9 Å². The van der Waals surface area contributed by atoms with Crippen LogP contribution in [0.2, 0.25) is 5.02 Å². The summed E-state index contributed by atoms with van der Waals surface area (Å²) in [7, 11) is 6.85. The molecule has 39 heavy (non-hydrogen) atoms. The number of likely N-dealkylation sites (N-methyl/N-ethyl adjacent to an activating group) is 1.